The highest BCUT2D eigenvalue weighted by Gasteiger charge is 2.46. The fourth-order valence-corrected chi connectivity index (χ4v) is 11.0. The molecule has 0 aliphatic carbocycles. The zero-order valence-corrected chi connectivity index (χ0v) is 39.3. The zero-order valence-electron chi connectivity index (χ0n) is 39.3. The van der Waals surface area contributed by atoms with Gasteiger partial charge < -0.3 is 49.3 Å². The van der Waals surface area contributed by atoms with Crippen molar-refractivity contribution in [3.8, 4) is 33.6 Å². The van der Waals surface area contributed by atoms with Crippen molar-refractivity contribution >= 4 is 24.0 Å². The molecule has 4 N–H and O–H groups in total. The highest BCUT2D eigenvalue weighted by atomic mass is 16.5. The van der Waals surface area contributed by atoms with Crippen molar-refractivity contribution in [2.45, 2.75) is 147 Å². The van der Waals surface area contributed by atoms with Gasteiger partial charge in [-0.3, -0.25) is 9.59 Å². The molecule has 2 aromatic carbocycles. The molecule has 0 bridgehead atoms. The zero-order chi connectivity index (χ0) is 46.6. The van der Waals surface area contributed by atoms with Crippen LogP contribution < -0.4 is 10.6 Å². The first-order valence-corrected chi connectivity index (χ1v) is 23.8. The Bertz CT molecular complexity index is 2300. The van der Waals surface area contributed by atoms with E-state index in [1.54, 1.807) is 0 Å². The number of carbonyl (C=O) groups is 4. The summed E-state index contributed by atoms with van der Waals surface area (Å²) in [5, 5.41) is 5.75. The van der Waals surface area contributed by atoms with Gasteiger partial charge in [0, 0.05) is 18.7 Å². The fourth-order valence-electron chi connectivity index (χ4n) is 11.0. The average molecular weight is 907 g/mol. The normalized spacial score (nSPS) is 27.5. The molecule has 16 nitrogen and oxygen atoms in total. The number of H-pyrrole nitrogens is 2. The number of aromatic nitrogens is 4. The molecule has 1 unspecified atom stereocenters. The summed E-state index contributed by atoms with van der Waals surface area (Å²) < 4.78 is 21.6. The van der Waals surface area contributed by atoms with Crippen LogP contribution in [0.1, 0.15) is 116 Å². The Morgan fingerprint density at radius 3 is 1.64 bits per heavy atom. The summed E-state index contributed by atoms with van der Waals surface area (Å²) in [7, 11) is 2.63. The maximum Gasteiger partial charge on any atom is 0.407 e. The van der Waals surface area contributed by atoms with Gasteiger partial charge in [0.25, 0.3) is 0 Å². The van der Waals surface area contributed by atoms with E-state index in [4.69, 9.17) is 28.9 Å². The molecule has 0 spiro atoms. The van der Waals surface area contributed by atoms with Crippen LogP contribution in [0.2, 0.25) is 0 Å². The average Bonchev–Trinajstić information content (AvgIpc) is 4.16. The third-order valence-electron chi connectivity index (χ3n) is 14.4. The van der Waals surface area contributed by atoms with Crippen molar-refractivity contribution in [1.29, 1.82) is 0 Å². The second-order valence-electron chi connectivity index (χ2n) is 18.8. The summed E-state index contributed by atoms with van der Waals surface area (Å²) in [5.74, 6) is 1.07. The highest BCUT2D eigenvalue weighted by Crippen LogP contribution is 2.41. The van der Waals surface area contributed by atoms with Gasteiger partial charge in [-0.1, -0.05) is 55.5 Å². The number of aromatic amines is 2. The lowest BCUT2D eigenvalue weighted by Crippen LogP contribution is -2.55. The molecule has 16 heteroatoms. The van der Waals surface area contributed by atoms with E-state index in [1.165, 1.54) is 14.2 Å². The lowest BCUT2D eigenvalue weighted by molar-refractivity contribution is -0.141. The van der Waals surface area contributed by atoms with Gasteiger partial charge in [0.1, 0.15) is 23.7 Å². The van der Waals surface area contributed by atoms with Crippen LogP contribution in [-0.2, 0) is 28.5 Å². The fraction of sp³-hybridized carbons (Fsp3) is 0.560. The molecule has 4 aliphatic rings. The molecule has 8 rings (SSSR count). The smallest absolute Gasteiger partial charge is 0.407 e. The van der Waals surface area contributed by atoms with Crippen LogP contribution in [0.15, 0.2) is 60.9 Å². The van der Waals surface area contributed by atoms with Gasteiger partial charge in [0.15, 0.2) is 0 Å². The van der Waals surface area contributed by atoms with Crippen LogP contribution in [0.4, 0.5) is 9.59 Å². The number of hydrogen-bond donors (Lipinski definition) is 4. The van der Waals surface area contributed by atoms with Crippen LogP contribution in [-0.4, -0.2) is 117 Å². The predicted octanol–water partition coefficient (Wildman–Crippen LogP) is 8.10. The minimum Gasteiger partial charge on any atom is -0.453 e. The van der Waals surface area contributed by atoms with Gasteiger partial charge in [0.05, 0.1) is 68.4 Å². The second-order valence-corrected chi connectivity index (χ2v) is 18.8. The monoisotopic (exact) mass is 907 g/mol. The summed E-state index contributed by atoms with van der Waals surface area (Å²) in [6.45, 7) is 10.7. The van der Waals surface area contributed by atoms with Gasteiger partial charge in [-0.05, 0) is 120 Å². The van der Waals surface area contributed by atoms with E-state index >= 15 is 0 Å². The van der Waals surface area contributed by atoms with Crippen molar-refractivity contribution < 1.29 is 38.1 Å². The molecule has 0 radical (unpaired) electrons. The molecule has 4 amide bonds. The Morgan fingerprint density at radius 2 is 1.12 bits per heavy atom. The van der Waals surface area contributed by atoms with E-state index in [0.717, 1.165) is 77.4 Å². The van der Waals surface area contributed by atoms with E-state index in [2.05, 4.69) is 83.0 Å². The molecule has 4 fully saturated rings. The number of hydrogen-bond acceptors (Lipinski definition) is 10. The van der Waals surface area contributed by atoms with E-state index in [9.17, 15) is 19.2 Å². The molecule has 0 saturated carbocycles. The minimum absolute atomic E-state index is 0.00121. The van der Waals surface area contributed by atoms with E-state index in [-0.39, 0.29) is 66.1 Å². The first-order valence-electron chi connectivity index (χ1n) is 23.8. The van der Waals surface area contributed by atoms with Gasteiger partial charge in [0.2, 0.25) is 11.8 Å². The molecule has 4 saturated heterocycles. The number of nitrogens with one attached hydrogen (secondary N) is 4. The van der Waals surface area contributed by atoms with Crippen molar-refractivity contribution in [2.75, 3.05) is 20.8 Å². The number of alkyl carbamates (subject to hydrolysis) is 2. The summed E-state index contributed by atoms with van der Waals surface area (Å²) in [6, 6.07) is 14.7. The highest BCUT2D eigenvalue weighted by molar-refractivity contribution is 5.88. The first kappa shape index (κ1) is 46.8. The molecular weight excluding hydrogens is 841 g/mol. The van der Waals surface area contributed by atoms with Crippen molar-refractivity contribution in [1.82, 2.24) is 40.4 Å². The van der Waals surface area contributed by atoms with E-state index in [1.807, 2.05) is 43.0 Å². The number of carbonyl (C=O) groups excluding carboxylic acids is 4. The van der Waals surface area contributed by atoms with Gasteiger partial charge in [-0.2, -0.15) is 0 Å². The first-order chi connectivity index (χ1) is 31.8. The number of nitrogens with zero attached hydrogens (tertiary/aromatic N) is 4. The summed E-state index contributed by atoms with van der Waals surface area (Å²) in [4.78, 5) is 74.4. The molecule has 4 aromatic rings. The number of likely N-dealkylation sites (tertiary alicyclic amines) is 2. The third-order valence-corrected chi connectivity index (χ3v) is 14.4. The molecule has 354 valence electrons. The number of methoxy groups -OCH3 is 2. The maximum absolute atomic E-state index is 14.6. The Hall–Kier alpha value is -5.74. The number of rotatable bonds is 12. The SMILES string of the molecule is CC[C@@H]1CC[C@@H](c2ncc(-c3ccc(-c4ccc(-c5cnc([C@@H]6CC[C@@H](C)N6C(=O)[C@@H](NC(=O)OC)C6CCO[C@H](C)C6)[nH]5)cc4)cc3)[nH]2)N1C(=O)[C@@H](NC(=O)OC)C1C[C@@H](C)O[C@H](C)C1. The molecule has 2 aromatic heterocycles. The summed E-state index contributed by atoms with van der Waals surface area (Å²) >= 11 is 0. The van der Waals surface area contributed by atoms with Crippen molar-refractivity contribution in [3.05, 3.63) is 72.6 Å². The molecule has 66 heavy (non-hydrogen) atoms. The van der Waals surface area contributed by atoms with Gasteiger partial charge >= 0.3 is 12.2 Å². The van der Waals surface area contributed by atoms with Crippen LogP contribution >= 0.6 is 0 Å². The molecular formula is C50H66N8O8. The summed E-state index contributed by atoms with van der Waals surface area (Å²) in [5.41, 5.74) is 5.76. The molecule has 6 heterocycles. The standard InChI is InChI=1S/C50H66N8O8/c1-8-38-18-20-42(58(38)48(60)44(56-50(62)64-7)37-24-30(4)66-31(5)25-37)46-52-27-40(54-46)35-16-12-33(13-17-35)32-10-14-34(15-11-32)39-26-51-45(53-39)41-19-9-28(2)57(41)47(59)43(55-49(61)63-6)36-21-22-65-29(3)23-36/h10-17,26-31,36-38,41-44H,8-9,18-25H2,1-7H3,(H,51,53)(H,52,54)(H,55,61)(H,56,62)/t28-,29-,30-,31-,36?,38-,41+,42+,43+,44+/m1/s1. The molecule has 10 atom stereocenters. The number of benzene rings is 2. The Balaban J connectivity index is 0.942. The lowest BCUT2D eigenvalue weighted by atomic mass is 9.85. The van der Waals surface area contributed by atoms with Crippen LogP contribution in [0.25, 0.3) is 33.6 Å². The van der Waals surface area contributed by atoms with Crippen LogP contribution in [0.5, 0.6) is 0 Å². The quantitative estimate of drug-likeness (QED) is 0.108. The van der Waals surface area contributed by atoms with Crippen LogP contribution in [0.3, 0.4) is 0 Å². The number of amides is 4. The van der Waals surface area contributed by atoms with Gasteiger partial charge in [-0.25, -0.2) is 19.6 Å². The topological polar surface area (TPSA) is 193 Å². The van der Waals surface area contributed by atoms with Crippen LogP contribution in [0, 0.1) is 11.8 Å². The third kappa shape index (κ3) is 9.99. The molecule has 4 aliphatic heterocycles. The van der Waals surface area contributed by atoms with Crippen molar-refractivity contribution in [2.24, 2.45) is 11.8 Å². The van der Waals surface area contributed by atoms with E-state index < -0.39 is 24.3 Å². The predicted molar refractivity (Wildman–Crippen MR) is 248 cm³/mol. The van der Waals surface area contributed by atoms with Gasteiger partial charge in [-0.15, -0.1) is 0 Å². The maximum atomic E-state index is 14.6. The Labute approximate surface area is 387 Å². The largest absolute Gasteiger partial charge is 0.453 e. The summed E-state index contributed by atoms with van der Waals surface area (Å²) in [6.07, 6.45) is 9.03. The second kappa shape index (κ2) is 20.4. The van der Waals surface area contributed by atoms with Crippen molar-refractivity contribution in [3.63, 3.8) is 0 Å². The Morgan fingerprint density at radius 1 is 0.652 bits per heavy atom. The number of ether oxygens (including phenoxy) is 4. The number of imidazole rings is 2. The minimum atomic E-state index is -0.734. The Kier molecular flexibility index (Phi) is 14.5. The van der Waals surface area contributed by atoms with E-state index in [0.29, 0.717) is 32.3 Å². The lowest BCUT2D eigenvalue weighted by Gasteiger charge is -2.39.